The second-order valence-electron chi connectivity index (χ2n) is 4.61. The van der Waals surface area contributed by atoms with E-state index in [0.29, 0.717) is 11.5 Å². The predicted octanol–water partition coefficient (Wildman–Crippen LogP) is 2.67. The highest BCUT2D eigenvalue weighted by atomic mass is 19.1. The number of aromatic nitrogens is 4. The largest absolute Gasteiger partial charge is 0.494 e. The second kappa shape index (κ2) is 5.35. The minimum absolute atomic E-state index is 0.0764. The van der Waals surface area contributed by atoms with Crippen LogP contribution in [-0.2, 0) is 0 Å². The first-order valence-electron chi connectivity index (χ1n) is 6.43. The van der Waals surface area contributed by atoms with E-state index in [-0.39, 0.29) is 17.6 Å². The predicted molar refractivity (Wildman–Crippen MR) is 76.7 cm³/mol. The zero-order chi connectivity index (χ0) is 14.8. The van der Waals surface area contributed by atoms with E-state index in [2.05, 4.69) is 25.5 Å². The third kappa shape index (κ3) is 2.49. The van der Waals surface area contributed by atoms with Crippen LogP contribution in [0.1, 0.15) is 18.5 Å². The summed E-state index contributed by atoms with van der Waals surface area (Å²) < 4.78 is 18.4. The fraction of sp³-hybridized carbons (Fsp3) is 0.214. The number of aromatic amines is 1. The molecular weight excluding hydrogens is 273 g/mol. The van der Waals surface area contributed by atoms with E-state index in [1.54, 1.807) is 18.3 Å². The molecule has 7 heteroatoms. The molecule has 0 radical (unpaired) electrons. The van der Waals surface area contributed by atoms with Gasteiger partial charge in [0, 0.05) is 0 Å². The quantitative estimate of drug-likeness (QED) is 0.771. The third-order valence-corrected chi connectivity index (χ3v) is 3.28. The monoisotopic (exact) mass is 287 g/mol. The smallest absolute Gasteiger partial charge is 0.165 e. The van der Waals surface area contributed by atoms with Gasteiger partial charge < -0.3 is 10.1 Å². The Morgan fingerprint density at radius 3 is 3.00 bits per heavy atom. The average molecular weight is 287 g/mol. The minimum atomic E-state index is -0.382. The van der Waals surface area contributed by atoms with Crippen LogP contribution in [0.5, 0.6) is 5.75 Å². The third-order valence-electron chi connectivity index (χ3n) is 3.28. The topological polar surface area (TPSA) is 75.7 Å². The molecule has 0 spiro atoms. The van der Waals surface area contributed by atoms with Crippen LogP contribution in [0.3, 0.4) is 0 Å². The Morgan fingerprint density at radius 1 is 1.33 bits per heavy atom. The Labute approximate surface area is 120 Å². The summed E-state index contributed by atoms with van der Waals surface area (Å²) >= 11 is 0. The van der Waals surface area contributed by atoms with E-state index >= 15 is 0 Å². The number of nitrogens with zero attached hydrogens (tertiary/aromatic N) is 3. The van der Waals surface area contributed by atoms with Gasteiger partial charge in [0.05, 0.1) is 24.7 Å². The van der Waals surface area contributed by atoms with Crippen molar-refractivity contribution in [2.24, 2.45) is 0 Å². The number of hydrogen-bond donors (Lipinski definition) is 2. The van der Waals surface area contributed by atoms with Gasteiger partial charge in [0.15, 0.2) is 17.2 Å². The summed E-state index contributed by atoms with van der Waals surface area (Å²) in [6.07, 6.45) is 3.12. The first kappa shape index (κ1) is 13.3. The number of hydrogen-bond acceptors (Lipinski definition) is 5. The molecule has 1 unspecified atom stereocenters. The zero-order valence-electron chi connectivity index (χ0n) is 11.6. The number of nitrogens with one attached hydrogen (secondary N) is 2. The molecule has 1 atom stereocenters. The van der Waals surface area contributed by atoms with Gasteiger partial charge in [0.2, 0.25) is 0 Å². The molecule has 1 aromatic carbocycles. The summed E-state index contributed by atoms with van der Waals surface area (Å²) in [5, 5.41) is 10.8. The molecule has 21 heavy (non-hydrogen) atoms. The number of benzene rings is 1. The molecule has 2 aromatic heterocycles. The van der Waals surface area contributed by atoms with Crippen molar-refractivity contribution in [3.8, 4) is 5.75 Å². The van der Waals surface area contributed by atoms with E-state index in [4.69, 9.17) is 4.74 Å². The summed E-state index contributed by atoms with van der Waals surface area (Å²) in [5.74, 6) is 0.509. The Morgan fingerprint density at radius 2 is 2.19 bits per heavy atom. The van der Waals surface area contributed by atoms with Gasteiger partial charge in [-0.1, -0.05) is 6.07 Å². The second-order valence-corrected chi connectivity index (χ2v) is 4.61. The first-order valence-corrected chi connectivity index (χ1v) is 6.43. The van der Waals surface area contributed by atoms with Gasteiger partial charge in [0.25, 0.3) is 0 Å². The van der Waals surface area contributed by atoms with E-state index in [1.807, 2.05) is 6.92 Å². The van der Waals surface area contributed by atoms with Crippen LogP contribution in [-0.4, -0.2) is 27.3 Å². The van der Waals surface area contributed by atoms with Gasteiger partial charge in [-0.25, -0.2) is 14.4 Å². The molecule has 0 fully saturated rings. The molecule has 0 aliphatic rings. The average Bonchev–Trinajstić information content (AvgIpc) is 2.97. The van der Waals surface area contributed by atoms with Crippen molar-refractivity contribution in [1.82, 2.24) is 20.2 Å². The SMILES string of the molecule is COc1cc(C(C)Nc2ncnc3[nH]ncc23)ccc1F. The summed E-state index contributed by atoms with van der Waals surface area (Å²) in [4.78, 5) is 8.30. The van der Waals surface area contributed by atoms with Crippen molar-refractivity contribution in [3.05, 3.63) is 42.1 Å². The number of H-pyrrole nitrogens is 1. The number of halogens is 1. The van der Waals surface area contributed by atoms with Gasteiger partial charge in [-0.2, -0.15) is 5.10 Å². The number of fused-ring (bicyclic) bond motifs is 1. The maximum atomic E-state index is 13.4. The van der Waals surface area contributed by atoms with E-state index in [0.717, 1.165) is 10.9 Å². The zero-order valence-corrected chi connectivity index (χ0v) is 11.6. The highest BCUT2D eigenvalue weighted by Crippen LogP contribution is 2.26. The van der Waals surface area contributed by atoms with Crippen LogP contribution >= 0.6 is 0 Å². The van der Waals surface area contributed by atoms with Crippen molar-refractivity contribution in [1.29, 1.82) is 0 Å². The van der Waals surface area contributed by atoms with Crippen LogP contribution in [0.2, 0.25) is 0 Å². The Bertz CT molecular complexity index is 773. The molecule has 6 nitrogen and oxygen atoms in total. The summed E-state index contributed by atoms with van der Waals surface area (Å²) in [6, 6.07) is 4.69. The van der Waals surface area contributed by atoms with Crippen LogP contribution in [0.4, 0.5) is 10.2 Å². The van der Waals surface area contributed by atoms with Crippen molar-refractivity contribution in [2.75, 3.05) is 12.4 Å². The van der Waals surface area contributed by atoms with Crippen molar-refractivity contribution < 1.29 is 9.13 Å². The lowest BCUT2D eigenvalue weighted by atomic mass is 10.1. The lowest BCUT2D eigenvalue weighted by Gasteiger charge is -2.16. The fourth-order valence-corrected chi connectivity index (χ4v) is 2.11. The van der Waals surface area contributed by atoms with E-state index < -0.39 is 0 Å². The molecule has 0 amide bonds. The molecule has 0 bridgehead atoms. The van der Waals surface area contributed by atoms with Crippen molar-refractivity contribution >= 4 is 16.9 Å². The fourth-order valence-electron chi connectivity index (χ4n) is 2.11. The van der Waals surface area contributed by atoms with E-state index in [9.17, 15) is 4.39 Å². The van der Waals surface area contributed by atoms with Gasteiger partial charge in [-0.15, -0.1) is 0 Å². The van der Waals surface area contributed by atoms with Gasteiger partial charge >= 0.3 is 0 Å². The number of anilines is 1. The molecule has 2 heterocycles. The highest BCUT2D eigenvalue weighted by molar-refractivity contribution is 5.85. The lowest BCUT2D eigenvalue weighted by Crippen LogP contribution is -2.09. The standard InChI is InChI=1S/C14H14FN5O/c1-8(9-3-4-11(15)12(5-9)21-2)19-13-10-6-18-20-14(10)17-7-16-13/h3-8H,1-2H3,(H2,16,17,18,19,20). The molecule has 0 saturated carbocycles. The van der Waals surface area contributed by atoms with Gasteiger partial charge in [0.1, 0.15) is 12.1 Å². The maximum Gasteiger partial charge on any atom is 0.165 e. The number of rotatable bonds is 4. The van der Waals surface area contributed by atoms with Gasteiger partial charge in [-0.3, -0.25) is 5.10 Å². The summed E-state index contributed by atoms with van der Waals surface area (Å²) in [5.41, 5.74) is 1.56. The minimum Gasteiger partial charge on any atom is -0.494 e. The lowest BCUT2D eigenvalue weighted by molar-refractivity contribution is 0.385. The molecule has 0 aliphatic heterocycles. The van der Waals surface area contributed by atoms with E-state index in [1.165, 1.54) is 19.5 Å². The Hall–Kier alpha value is -2.70. The molecule has 3 aromatic rings. The van der Waals surface area contributed by atoms with Crippen molar-refractivity contribution in [2.45, 2.75) is 13.0 Å². The molecule has 0 saturated heterocycles. The van der Waals surface area contributed by atoms with Crippen molar-refractivity contribution in [3.63, 3.8) is 0 Å². The van der Waals surface area contributed by atoms with Crippen LogP contribution < -0.4 is 10.1 Å². The molecule has 2 N–H and O–H groups in total. The number of methoxy groups -OCH3 is 1. The summed E-state index contributed by atoms with van der Waals surface area (Å²) in [6.45, 7) is 1.96. The van der Waals surface area contributed by atoms with Gasteiger partial charge in [-0.05, 0) is 24.6 Å². The van der Waals surface area contributed by atoms with Crippen LogP contribution in [0.25, 0.3) is 11.0 Å². The Balaban J connectivity index is 1.89. The maximum absolute atomic E-state index is 13.4. The Kier molecular flexibility index (Phi) is 3.39. The molecular formula is C14H14FN5O. The molecule has 108 valence electrons. The van der Waals surface area contributed by atoms with Crippen LogP contribution in [0.15, 0.2) is 30.7 Å². The van der Waals surface area contributed by atoms with Crippen LogP contribution in [0, 0.1) is 5.82 Å². The normalized spacial score (nSPS) is 12.3. The number of ether oxygens (including phenoxy) is 1. The highest BCUT2D eigenvalue weighted by Gasteiger charge is 2.12. The molecule has 0 aliphatic carbocycles. The first-order chi connectivity index (χ1) is 10.2. The summed E-state index contributed by atoms with van der Waals surface area (Å²) in [7, 11) is 1.44. The molecule has 3 rings (SSSR count).